The number of aromatic nitrogens is 2. The van der Waals surface area contributed by atoms with Crippen molar-refractivity contribution in [2.45, 2.75) is 0 Å². The van der Waals surface area contributed by atoms with Gasteiger partial charge in [-0.3, -0.25) is 0 Å². The summed E-state index contributed by atoms with van der Waals surface area (Å²) in [7, 11) is 1.43. The van der Waals surface area contributed by atoms with Gasteiger partial charge in [0, 0.05) is 10.0 Å². The van der Waals surface area contributed by atoms with E-state index in [1.807, 2.05) is 6.07 Å². The molecule has 0 saturated heterocycles. The Morgan fingerprint density at radius 1 is 1.35 bits per heavy atom. The number of benzene rings is 1. The molecular weight excluding hydrogens is 326 g/mol. The van der Waals surface area contributed by atoms with Gasteiger partial charge in [-0.05, 0) is 28.1 Å². The van der Waals surface area contributed by atoms with Crippen LogP contribution in [0.15, 0.2) is 16.6 Å². The molecule has 102 valence electrons. The van der Waals surface area contributed by atoms with E-state index in [0.29, 0.717) is 10.0 Å². The third-order valence-electron chi connectivity index (χ3n) is 2.59. The second-order valence-electron chi connectivity index (χ2n) is 3.81. The predicted octanol–water partition coefficient (Wildman–Crippen LogP) is 1.66. The summed E-state index contributed by atoms with van der Waals surface area (Å²) < 4.78 is 5.56. The minimum absolute atomic E-state index is 0.0165. The Bertz CT molecular complexity index is 727. The number of nitrogens with two attached hydrogens (primary N) is 2. The standard InChI is InChI=1S/C12H10BrN5O2/c1-20-9-3-7(13)5(2-8(9)19)10-6(4-14)11(15)18-12(16)17-10/h2-3,19H,1H3,(H4,15,16,17,18). The highest BCUT2D eigenvalue weighted by molar-refractivity contribution is 9.10. The lowest BCUT2D eigenvalue weighted by Gasteiger charge is -2.11. The number of halogens is 1. The smallest absolute Gasteiger partial charge is 0.222 e. The lowest BCUT2D eigenvalue weighted by Crippen LogP contribution is -2.05. The maximum absolute atomic E-state index is 9.84. The summed E-state index contributed by atoms with van der Waals surface area (Å²) in [5.41, 5.74) is 12.0. The fourth-order valence-electron chi connectivity index (χ4n) is 1.69. The summed E-state index contributed by atoms with van der Waals surface area (Å²) in [5, 5.41) is 19.0. The highest BCUT2D eigenvalue weighted by atomic mass is 79.9. The van der Waals surface area contributed by atoms with Gasteiger partial charge in [0.1, 0.15) is 17.5 Å². The van der Waals surface area contributed by atoms with E-state index in [-0.39, 0.29) is 34.5 Å². The van der Waals surface area contributed by atoms with Crippen LogP contribution < -0.4 is 16.2 Å². The molecule has 1 heterocycles. The van der Waals surface area contributed by atoms with Crippen molar-refractivity contribution in [3.05, 3.63) is 22.2 Å². The number of hydrogen-bond acceptors (Lipinski definition) is 7. The third kappa shape index (κ3) is 2.31. The summed E-state index contributed by atoms with van der Waals surface area (Å²) in [4.78, 5) is 7.75. The van der Waals surface area contributed by atoms with Crippen molar-refractivity contribution < 1.29 is 9.84 Å². The van der Waals surface area contributed by atoms with E-state index >= 15 is 0 Å². The number of methoxy groups -OCH3 is 1. The highest BCUT2D eigenvalue weighted by Gasteiger charge is 2.17. The molecule has 2 aromatic rings. The normalized spacial score (nSPS) is 10.1. The van der Waals surface area contributed by atoms with Crippen LogP contribution in [0.3, 0.4) is 0 Å². The van der Waals surface area contributed by atoms with Crippen LogP contribution >= 0.6 is 15.9 Å². The first-order valence-corrected chi connectivity index (χ1v) is 6.17. The van der Waals surface area contributed by atoms with Crippen LogP contribution in [0.25, 0.3) is 11.3 Å². The summed E-state index contributed by atoms with van der Waals surface area (Å²) >= 11 is 3.33. The zero-order valence-electron chi connectivity index (χ0n) is 10.4. The van der Waals surface area contributed by atoms with Gasteiger partial charge in [-0.1, -0.05) is 0 Å². The van der Waals surface area contributed by atoms with Crippen molar-refractivity contribution in [3.63, 3.8) is 0 Å². The number of phenols is 1. The van der Waals surface area contributed by atoms with Crippen LogP contribution in [-0.2, 0) is 0 Å². The van der Waals surface area contributed by atoms with Gasteiger partial charge in [0.15, 0.2) is 11.5 Å². The molecule has 0 spiro atoms. The Kier molecular flexibility index (Phi) is 3.63. The fourth-order valence-corrected chi connectivity index (χ4v) is 2.20. The van der Waals surface area contributed by atoms with Gasteiger partial charge in [0.2, 0.25) is 5.95 Å². The SMILES string of the molecule is COc1cc(Br)c(-c2nc(N)nc(N)c2C#N)cc1O. The molecule has 1 aromatic carbocycles. The van der Waals surface area contributed by atoms with Crippen LogP contribution in [0.2, 0.25) is 0 Å². The molecule has 20 heavy (non-hydrogen) atoms. The molecule has 0 fully saturated rings. The van der Waals surface area contributed by atoms with Crippen LogP contribution in [0.4, 0.5) is 11.8 Å². The van der Waals surface area contributed by atoms with E-state index in [4.69, 9.17) is 21.5 Å². The zero-order valence-corrected chi connectivity index (χ0v) is 12.0. The molecule has 0 aliphatic heterocycles. The van der Waals surface area contributed by atoms with E-state index in [0.717, 1.165) is 0 Å². The van der Waals surface area contributed by atoms with Crippen LogP contribution in [0.1, 0.15) is 5.56 Å². The Hall–Kier alpha value is -2.53. The van der Waals surface area contributed by atoms with Crippen molar-refractivity contribution in [1.82, 2.24) is 9.97 Å². The number of nitrogens with zero attached hydrogens (tertiary/aromatic N) is 3. The molecule has 2 rings (SSSR count). The van der Waals surface area contributed by atoms with E-state index in [1.54, 1.807) is 6.07 Å². The molecule has 0 unspecified atom stereocenters. The minimum atomic E-state index is -0.0923. The molecule has 1 aromatic heterocycles. The summed E-state index contributed by atoms with van der Waals surface area (Å²) in [6.45, 7) is 0. The van der Waals surface area contributed by atoms with Gasteiger partial charge in [0.05, 0.1) is 12.8 Å². The average molecular weight is 336 g/mol. The van der Waals surface area contributed by atoms with Crippen molar-refractivity contribution >= 4 is 27.7 Å². The van der Waals surface area contributed by atoms with E-state index in [2.05, 4.69) is 25.9 Å². The molecule has 0 saturated carbocycles. The van der Waals surface area contributed by atoms with Gasteiger partial charge in [0.25, 0.3) is 0 Å². The summed E-state index contributed by atoms with van der Waals surface area (Å²) in [6.07, 6.45) is 0. The largest absolute Gasteiger partial charge is 0.504 e. The topological polar surface area (TPSA) is 131 Å². The van der Waals surface area contributed by atoms with E-state index < -0.39 is 0 Å². The average Bonchev–Trinajstić information content (AvgIpc) is 2.40. The maximum atomic E-state index is 9.84. The van der Waals surface area contributed by atoms with Crippen LogP contribution in [0.5, 0.6) is 11.5 Å². The molecule has 0 amide bonds. The monoisotopic (exact) mass is 335 g/mol. The first-order valence-electron chi connectivity index (χ1n) is 5.38. The van der Waals surface area contributed by atoms with Crippen molar-refractivity contribution in [2.24, 2.45) is 0 Å². The first-order chi connectivity index (χ1) is 9.47. The number of rotatable bonds is 2. The van der Waals surface area contributed by atoms with E-state index in [1.165, 1.54) is 13.2 Å². The fraction of sp³-hybridized carbons (Fsp3) is 0.0833. The van der Waals surface area contributed by atoms with Gasteiger partial charge in [-0.2, -0.15) is 10.2 Å². The minimum Gasteiger partial charge on any atom is -0.504 e. The predicted molar refractivity (Wildman–Crippen MR) is 76.9 cm³/mol. The molecule has 0 radical (unpaired) electrons. The first kappa shape index (κ1) is 13.9. The second-order valence-corrected chi connectivity index (χ2v) is 4.66. The van der Waals surface area contributed by atoms with Gasteiger partial charge in [-0.15, -0.1) is 0 Å². The number of nitrogen functional groups attached to an aromatic ring is 2. The molecule has 7 nitrogen and oxygen atoms in total. The van der Waals surface area contributed by atoms with Gasteiger partial charge in [-0.25, -0.2) is 4.98 Å². The Labute approximate surface area is 123 Å². The Balaban J connectivity index is 2.75. The Morgan fingerprint density at radius 3 is 2.65 bits per heavy atom. The second kappa shape index (κ2) is 5.22. The molecule has 5 N–H and O–H groups in total. The van der Waals surface area contributed by atoms with Crippen molar-refractivity contribution in [3.8, 4) is 28.8 Å². The number of ether oxygens (including phenoxy) is 1. The Morgan fingerprint density at radius 2 is 2.05 bits per heavy atom. The lowest BCUT2D eigenvalue weighted by atomic mass is 10.1. The molecule has 0 aliphatic carbocycles. The zero-order chi connectivity index (χ0) is 14.9. The van der Waals surface area contributed by atoms with Crippen LogP contribution in [0, 0.1) is 11.3 Å². The molecule has 0 bridgehead atoms. The number of aromatic hydroxyl groups is 1. The molecular formula is C12H10BrN5O2. The number of nitriles is 1. The number of hydrogen-bond donors (Lipinski definition) is 3. The third-order valence-corrected chi connectivity index (χ3v) is 3.25. The maximum Gasteiger partial charge on any atom is 0.222 e. The van der Waals surface area contributed by atoms with Crippen molar-refractivity contribution in [2.75, 3.05) is 18.6 Å². The lowest BCUT2D eigenvalue weighted by molar-refractivity contribution is 0.373. The van der Waals surface area contributed by atoms with Gasteiger partial charge >= 0.3 is 0 Å². The molecule has 0 aliphatic rings. The number of anilines is 2. The van der Waals surface area contributed by atoms with Gasteiger partial charge < -0.3 is 21.3 Å². The van der Waals surface area contributed by atoms with E-state index in [9.17, 15) is 5.11 Å². The van der Waals surface area contributed by atoms with Crippen molar-refractivity contribution in [1.29, 1.82) is 5.26 Å². The summed E-state index contributed by atoms with van der Waals surface area (Å²) in [5.74, 6) is 0.121. The highest BCUT2D eigenvalue weighted by Crippen LogP contribution is 2.39. The molecule has 0 atom stereocenters. The quantitative estimate of drug-likeness (QED) is 0.760. The summed E-state index contributed by atoms with van der Waals surface area (Å²) in [6, 6.07) is 4.89. The molecule has 8 heteroatoms. The van der Waals surface area contributed by atoms with Crippen LogP contribution in [-0.4, -0.2) is 22.2 Å². The number of phenolic OH excluding ortho intramolecular Hbond substituents is 1.